The molecule has 2 heterocycles. The predicted octanol–water partition coefficient (Wildman–Crippen LogP) is 5.13. The fourth-order valence-corrected chi connectivity index (χ4v) is 6.91. The number of carbonyl (C=O) groups is 2. The SMILES string of the molecule is COc1cc(NC(=O)CCN2CCC(OC(=O)Nc3ccccc3-c3ccccc3)CC2)c([NH2+]/C=C\C=N)cc1CNC[C@H](O)c1ccc(O)c2[nH]c(=O)ccc12. The predicted molar refractivity (Wildman–Crippen MR) is 220 cm³/mol. The molecule has 296 valence electrons. The Hall–Kier alpha value is -6.32. The van der Waals surface area contributed by atoms with Gasteiger partial charge in [-0.1, -0.05) is 54.6 Å². The Bertz CT molecular complexity index is 2270. The van der Waals surface area contributed by atoms with Gasteiger partial charge in [0.15, 0.2) is 5.69 Å². The number of nitrogens with two attached hydrogens (primary N) is 1. The molecule has 5 aromatic rings. The van der Waals surface area contributed by atoms with E-state index in [0.29, 0.717) is 72.8 Å². The van der Waals surface area contributed by atoms with Crippen molar-refractivity contribution in [3.8, 4) is 22.6 Å². The number of aromatic nitrogens is 1. The molecule has 14 nitrogen and oxygen atoms in total. The number of aromatic hydroxyl groups is 1. The number of phenolic OH excluding ortho intramolecular Hbond substituents is 1. The van der Waals surface area contributed by atoms with Gasteiger partial charge in [0.25, 0.3) is 0 Å². The van der Waals surface area contributed by atoms with E-state index in [1.807, 2.05) is 60.7 Å². The summed E-state index contributed by atoms with van der Waals surface area (Å²) in [6.07, 6.45) is 4.34. The highest BCUT2D eigenvalue weighted by atomic mass is 16.6. The molecule has 4 aromatic carbocycles. The Balaban J connectivity index is 1.00. The zero-order valence-corrected chi connectivity index (χ0v) is 31.7. The topological polar surface area (TPSA) is 206 Å². The standard InChI is InChI=1S/C43H47N7O7/c1-56-39-25-36(35(46-20-7-19-44)24-29(39)26-45-27-38(52)32-12-14-37(51)42-33(32)13-15-40(53)49-42)47-41(54)18-23-50-21-16-30(17-22-50)57-43(55)48-34-11-6-5-10-31(34)28-8-3-2-4-9-28/h2-15,19-20,24-25,30,38,44-46,51-52H,16-18,21-23,26-27H2,1H3,(H,47,54)(H,48,55)(H,49,53)/p+1/b20-7-,44-19?/t38-/m0/s1. The second kappa shape index (κ2) is 19.5. The minimum atomic E-state index is -0.948. The number of allylic oxidation sites excluding steroid dienone is 1. The van der Waals surface area contributed by atoms with Crippen LogP contribution in [0.2, 0.25) is 0 Å². The van der Waals surface area contributed by atoms with Gasteiger partial charge in [0, 0.05) is 86.1 Å². The average molecular weight is 775 g/mol. The number of para-hydroxylation sites is 1. The molecule has 14 heteroatoms. The summed E-state index contributed by atoms with van der Waals surface area (Å²) in [5, 5.41) is 40.1. The van der Waals surface area contributed by atoms with Crippen LogP contribution in [0.5, 0.6) is 11.5 Å². The summed E-state index contributed by atoms with van der Waals surface area (Å²) in [5.74, 6) is 0.275. The molecule has 0 unspecified atom stereocenters. The van der Waals surface area contributed by atoms with Gasteiger partial charge in [0.05, 0.1) is 30.6 Å². The lowest BCUT2D eigenvalue weighted by atomic mass is 10.0. The number of aromatic amines is 1. The maximum Gasteiger partial charge on any atom is 0.411 e. The van der Waals surface area contributed by atoms with Crippen LogP contribution in [0, 0.1) is 5.41 Å². The molecule has 1 saturated heterocycles. The maximum atomic E-state index is 13.3. The summed E-state index contributed by atoms with van der Waals surface area (Å²) in [4.78, 5) is 42.7. The lowest BCUT2D eigenvalue weighted by molar-refractivity contribution is -0.495. The van der Waals surface area contributed by atoms with Gasteiger partial charge in [-0.15, -0.1) is 0 Å². The fourth-order valence-electron chi connectivity index (χ4n) is 6.91. The van der Waals surface area contributed by atoms with Crippen LogP contribution in [0.15, 0.2) is 108 Å². The zero-order chi connectivity index (χ0) is 40.1. The molecular weight excluding hydrogens is 727 g/mol. The highest BCUT2D eigenvalue weighted by Crippen LogP contribution is 2.31. The molecule has 6 rings (SSSR count). The summed E-state index contributed by atoms with van der Waals surface area (Å²) >= 11 is 0. The number of fused-ring (bicyclic) bond motifs is 1. The molecule has 1 fully saturated rings. The molecule has 1 atom stereocenters. The number of aliphatic hydroxyl groups is 1. The highest BCUT2D eigenvalue weighted by molar-refractivity contribution is 5.94. The number of benzene rings is 4. The third-order valence-electron chi connectivity index (χ3n) is 9.84. The van der Waals surface area contributed by atoms with E-state index in [9.17, 15) is 24.6 Å². The highest BCUT2D eigenvalue weighted by Gasteiger charge is 2.24. The number of amides is 2. The smallest absolute Gasteiger partial charge is 0.411 e. The van der Waals surface area contributed by atoms with Crippen LogP contribution in [-0.4, -0.2) is 77.7 Å². The molecule has 0 radical (unpaired) electrons. The number of carbonyl (C=O) groups excluding carboxylic acids is 2. The number of aliphatic hydroxyl groups excluding tert-OH is 1. The van der Waals surface area contributed by atoms with Gasteiger partial charge >= 0.3 is 6.09 Å². The van der Waals surface area contributed by atoms with Gasteiger partial charge in [-0.3, -0.25) is 20.2 Å². The number of H-pyrrole nitrogens is 1. The number of nitrogens with zero attached hydrogens (tertiary/aromatic N) is 1. The zero-order valence-electron chi connectivity index (χ0n) is 31.7. The van der Waals surface area contributed by atoms with Crippen LogP contribution in [0.25, 0.3) is 22.0 Å². The van der Waals surface area contributed by atoms with E-state index < -0.39 is 12.2 Å². The Morgan fingerprint density at radius 3 is 2.54 bits per heavy atom. The van der Waals surface area contributed by atoms with Crippen molar-refractivity contribution < 1.29 is 34.6 Å². The number of hydrogen-bond donors (Lipinski definition) is 8. The van der Waals surface area contributed by atoms with E-state index in [0.717, 1.165) is 22.9 Å². The van der Waals surface area contributed by atoms with Gasteiger partial charge in [-0.05, 0) is 42.2 Å². The van der Waals surface area contributed by atoms with Gasteiger partial charge in [0.1, 0.15) is 23.3 Å². The summed E-state index contributed by atoms with van der Waals surface area (Å²) < 4.78 is 11.5. The Labute approximate surface area is 330 Å². The monoisotopic (exact) mass is 774 g/mol. The number of phenols is 1. The van der Waals surface area contributed by atoms with Gasteiger partial charge < -0.3 is 45.6 Å². The average Bonchev–Trinajstić information content (AvgIpc) is 3.22. The number of likely N-dealkylation sites (tertiary alicyclic amines) is 1. The number of piperidine rings is 1. The molecule has 0 aliphatic carbocycles. The van der Waals surface area contributed by atoms with E-state index in [1.54, 1.807) is 42.9 Å². The summed E-state index contributed by atoms with van der Waals surface area (Å²) in [6.45, 7) is 2.39. The van der Waals surface area contributed by atoms with E-state index in [2.05, 4.69) is 25.8 Å². The first-order chi connectivity index (χ1) is 27.7. The van der Waals surface area contributed by atoms with E-state index >= 15 is 0 Å². The molecule has 9 N–H and O–H groups in total. The second-order valence-electron chi connectivity index (χ2n) is 13.7. The van der Waals surface area contributed by atoms with Gasteiger partial charge in [-0.2, -0.15) is 0 Å². The number of hydrogen-bond acceptors (Lipinski definition) is 10. The molecule has 0 saturated carbocycles. The number of rotatable bonds is 16. The lowest BCUT2D eigenvalue weighted by Gasteiger charge is -2.31. The summed E-state index contributed by atoms with van der Waals surface area (Å²) in [5.41, 5.74) is 5.07. The number of quaternary nitrogens is 1. The van der Waals surface area contributed by atoms with Crippen LogP contribution in [0.1, 0.15) is 36.5 Å². The van der Waals surface area contributed by atoms with Gasteiger partial charge in [-0.25, -0.2) is 4.79 Å². The molecule has 1 aliphatic heterocycles. The van der Waals surface area contributed by atoms with Crippen molar-refractivity contribution in [2.45, 2.75) is 38.0 Å². The molecule has 1 aromatic heterocycles. The minimum absolute atomic E-state index is 0.0835. The van der Waals surface area contributed by atoms with E-state index in [1.165, 1.54) is 12.1 Å². The molecular formula is C43H48N7O7+. The van der Waals surface area contributed by atoms with Crippen molar-refractivity contribution in [3.63, 3.8) is 0 Å². The summed E-state index contributed by atoms with van der Waals surface area (Å²) in [7, 11) is 1.54. The lowest BCUT2D eigenvalue weighted by Crippen LogP contribution is -2.71. The van der Waals surface area contributed by atoms with Crippen molar-refractivity contribution in [2.75, 3.05) is 43.9 Å². The number of ether oxygens (including phenoxy) is 2. The number of methoxy groups -OCH3 is 1. The molecule has 0 spiro atoms. The Kier molecular flexibility index (Phi) is 13.8. The van der Waals surface area contributed by atoms with Crippen LogP contribution < -0.4 is 31.6 Å². The van der Waals surface area contributed by atoms with E-state index in [-0.39, 0.29) is 41.8 Å². The molecule has 0 bridgehead atoms. The normalized spacial score (nSPS) is 14.0. The quantitative estimate of drug-likeness (QED) is 0.0494. The summed E-state index contributed by atoms with van der Waals surface area (Å²) in [6, 6.07) is 27.1. The maximum absolute atomic E-state index is 13.3. The van der Waals surface area contributed by atoms with Crippen LogP contribution in [-0.2, 0) is 16.1 Å². The Morgan fingerprint density at radius 2 is 1.77 bits per heavy atom. The third-order valence-corrected chi connectivity index (χ3v) is 9.84. The molecule has 1 aliphatic rings. The van der Waals surface area contributed by atoms with Crippen LogP contribution in [0.3, 0.4) is 0 Å². The largest absolute Gasteiger partial charge is 0.506 e. The minimum Gasteiger partial charge on any atom is -0.506 e. The number of nitrogens with one attached hydrogen (secondary N) is 5. The van der Waals surface area contributed by atoms with Crippen molar-refractivity contribution in [1.82, 2.24) is 15.2 Å². The molecule has 57 heavy (non-hydrogen) atoms. The third kappa shape index (κ3) is 10.7. The fraction of sp³-hybridized carbons (Fsp3) is 0.256. The first kappa shape index (κ1) is 40.3. The van der Waals surface area contributed by atoms with Crippen molar-refractivity contribution in [3.05, 3.63) is 125 Å². The first-order valence-corrected chi connectivity index (χ1v) is 18.8. The van der Waals surface area contributed by atoms with Gasteiger partial charge in [0.2, 0.25) is 11.5 Å². The van der Waals surface area contributed by atoms with Crippen LogP contribution >= 0.6 is 0 Å². The number of pyridine rings is 1. The van der Waals surface area contributed by atoms with Crippen molar-refractivity contribution in [2.24, 2.45) is 0 Å². The van der Waals surface area contributed by atoms with Crippen molar-refractivity contribution >= 4 is 46.2 Å². The molecule has 2 amide bonds. The number of anilines is 2. The first-order valence-electron chi connectivity index (χ1n) is 18.8. The van der Waals surface area contributed by atoms with Crippen molar-refractivity contribution in [1.29, 1.82) is 5.41 Å². The Morgan fingerprint density at radius 1 is 1.00 bits per heavy atom. The second-order valence-corrected chi connectivity index (χ2v) is 13.7. The van der Waals surface area contributed by atoms with Crippen LogP contribution in [0.4, 0.5) is 21.9 Å². The van der Waals surface area contributed by atoms with E-state index in [4.69, 9.17) is 14.9 Å².